The molecule has 0 bridgehead atoms. The van der Waals surface area contributed by atoms with Crippen LogP contribution in [0.25, 0.3) is 11.0 Å². The second kappa shape index (κ2) is 8.53. The van der Waals surface area contributed by atoms with E-state index in [0.29, 0.717) is 25.3 Å². The van der Waals surface area contributed by atoms with Crippen LogP contribution in [0, 0.1) is 6.92 Å². The second-order valence-corrected chi connectivity index (χ2v) is 7.05. The highest BCUT2D eigenvalue weighted by Crippen LogP contribution is 2.21. The van der Waals surface area contributed by atoms with Crippen molar-refractivity contribution in [3.8, 4) is 0 Å². The number of fused-ring (bicyclic) bond motifs is 2. The normalized spacial score (nSPS) is 21.0. The predicted molar refractivity (Wildman–Crippen MR) is 102 cm³/mol. The molecule has 2 aromatic rings. The van der Waals surface area contributed by atoms with Gasteiger partial charge in [-0.2, -0.15) is 0 Å². The third-order valence-electron chi connectivity index (χ3n) is 4.79. The number of carboxylic acid groups (broad SMARTS) is 1. The number of hydrogen-bond acceptors (Lipinski definition) is 6. The summed E-state index contributed by atoms with van der Waals surface area (Å²) in [6.07, 6.45) is 0.271. The van der Waals surface area contributed by atoms with Crippen molar-refractivity contribution < 1.29 is 23.8 Å². The quantitative estimate of drug-likeness (QED) is 0.737. The molecule has 2 aliphatic rings. The van der Waals surface area contributed by atoms with Crippen LogP contribution in [0.3, 0.4) is 0 Å². The maximum atomic E-state index is 12.7. The molecule has 3 heterocycles. The van der Waals surface area contributed by atoms with E-state index in [-0.39, 0.29) is 24.5 Å². The Morgan fingerprint density at radius 2 is 2.04 bits per heavy atom. The molecule has 2 N–H and O–H groups in total. The lowest BCUT2D eigenvalue weighted by atomic mass is 10.1. The zero-order valence-corrected chi connectivity index (χ0v) is 15.9. The fourth-order valence-corrected chi connectivity index (χ4v) is 3.56. The van der Waals surface area contributed by atoms with Gasteiger partial charge in [0.15, 0.2) is 0 Å². The number of carbonyl (C=O) groups is 2. The van der Waals surface area contributed by atoms with Crippen LogP contribution < -0.4 is 10.9 Å². The Morgan fingerprint density at radius 1 is 1.29 bits per heavy atom. The highest BCUT2D eigenvalue weighted by molar-refractivity contribution is 5.87. The number of hydrogen-bond donors (Lipinski definition) is 2. The topological polar surface area (TPSA) is 109 Å². The maximum absolute atomic E-state index is 12.7. The molecular weight excluding hydrogens is 364 g/mol. The van der Waals surface area contributed by atoms with Gasteiger partial charge in [-0.3, -0.25) is 9.59 Å². The Labute approximate surface area is 162 Å². The molecule has 0 aliphatic carbocycles. The number of benzene rings is 1. The Hall–Kier alpha value is -2.71. The van der Waals surface area contributed by atoms with Crippen LogP contribution in [-0.2, 0) is 20.7 Å². The van der Waals surface area contributed by atoms with Gasteiger partial charge < -0.3 is 24.5 Å². The van der Waals surface area contributed by atoms with E-state index in [1.807, 2.05) is 30.0 Å². The number of ether oxygens (including phenoxy) is 1. The Kier molecular flexibility index (Phi) is 6.11. The zero-order valence-electron chi connectivity index (χ0n) is 15.9. The molecule has 8 nitrogen and oxygen atoms in total. The van der Waals surface area contributed by atoms with E-state index < -0.39 is 11.6 Å². The molecule has 2 aliphatic heterocycles. The van der Waals surface area contributed by atoms with Crippen LogP contribution in [0.15, 0.2) is 33.5 Å². The van der Waals surface area contributed by atoms with Crippen LogP contribution in [-0.4, -0.2) is 60.3 Å². The van der Waals surface area contributed by atoms with Gasteiger partial charge in [0.25, 0.3) is 5.97 Å². The lowest BCUT2D eigenvalue weighted by Crippen LogP contribution is -2.47. The summed E-state index contributed by atoms with van der Waals surface area (Å²) in [7, 11) is 0. The lowest BCUT2D eigenvalue weighted by Gasteiger charge is -2.25. The first-order valence-electron chi connectivity index (χ1n) is 9.19. The van der Waals surface area contributed by atoms with Gasteiger partial charge in [0.1, 0.15) is 5.58 Å². The van der Waals surface area contributed by atoms with Gasteiger partial charge in [-0.1, -0.05) is 12.1 Å². The van der Waals surface area contributed by atoms with Crippen molar-refractivity contribution in [3.05, 3.63) is 45.8 Å². The third kappa shape index (κ3) is 4.76. The van der Waals surface area contributed by atoms with E-state index in [9.17, 15) is 9.59 Å². The van der Waals surface area contributed by atoms with Gasteiger partial charge >= 0.3 is 5.63 Å². The summed E-state index contributed by atoms with van der Waals surface area (Å²) >= 11 is 0. The van der Waals surface area contributed by atoms with Crippen molar-refractivity contribution in [1.82, 2.24) is 10.2 Å². The molecule has 8 heteroatoms. The summed E-state index contributed by atoms with van der Waals surface area (Å²) in [6.45, 7) is 5.80. The number of nitrogens with one attached hydrogen (secondary N) is 1. The fourth-order valence-electron chi connectivity index (χ4n) is 3.56. The number of aliphatic carboxylic acids is 1. The summed E-state index contributed by atoms with van der Waals surface area (Å²) in [5.74, 6) is -0.817. The van der Waals surface area contributed by atoms with Crippen molar-refractivity contribution in [2.75, 3.05) is 26.2 Å². The minimum absolute atomic E-state index is 0.0160. The fraction of sp³-hybridized carbons (Fsp3) is 0.450. The molecule has 0 spiro atoms. The summed E-state index contributed by atoms with van der Waals surface area (Å²) in [5, 5.41) is 11.6. The average molecular weight is 388 g/mol. The Morgan fingerprint density at radius 3 is 2.75 bits per heavy atom. The smallest absolute Gasteiger partial charge is 0.336 e. The second-order valence-electron chi connectivity index (χ2n) is 7.05. The number of carbonyl (C=O) groups excluding carboxylic acids is 1. The standard InChI is InChI=1S/C18H20N2O4.C2H4O2/c1-11-2-3-13-12(8-18(22)24-15(13)6-11)7-17(21)20-9-14-16(10-20)23-5-4-19-14;1-2(3)4/h2-3,6,8,14,16,19H,4-5,7,9-10H2,1H3;1H3,(H,3,4)/t14-,16-;/m0./s1. The molecule has 2 atom stereocenters. The lowest BCUT2D eigenvalue weighted by molar-refractivity contribution is -0.134. The monoisotopic (exact) mass is 388 g/mol. The van der Waals surface area contributed by atoms with Gasteiger partial charge in [-0.25, -0.2) is 4.79 Å². The SMILES string of the molecule is CC(=O)O.Cc1ccc2c(CC(=O)N3C[C@@H]4NCCO[C@H]4C3)cc(=O)oc2c1. The zero-order chi connectivity index (χ0) is 20.3. The van der Waals surface area contributed by atoms with Gasteiger partial charge in [0.05, 0.1) is 25.2 Å². The van der Waals surface area contributed by atoms with Crippen molar-refractivity contribution in [3.63, 3.8) is 0 Å². The number of rotatable bonds is 2. The van der Waals surface area contributed by atoms with E-state index in [2.05, 4.69) is 5.32 Å². The highest BCUT2D eigenvalue weighted by Gasteiger charge is 2.37. The van der Waals surface area contributed by atoms with E-state index in [4.69, 9.17) is 19.1 Å². The predicted octanol–water partition coefficient (Wildman–Crippen LogP) is 0.934. The van der Waals surface area contributed by atoms with Crippen LogP contribution in [0.4, 0.5) is 0 Å². The molecule has 1 amide bonds. The van der Waals surface area contributed by atoms with Crippen LogP contribution in [0.2, 0.25) is 0 Å². The Bertz CT molecular complexity index is 920. The molecule has 1 aromatic carbocycles. The summed E-state index contributed by atoms with van der Waals surface area (Å²) in [6, 6.07) is 7.33. The highest BCUT2D eigenvalue weighted by atomic mass is 16.5. The minimum atomic E-state index is -0.833. The van der Waals surface area contributed by atoms with E-state index in [0.717, 1.165) is 30.0 Å². The molecule has 2 saturated heterocycles. The molecular formula is C20H24N2O6. The van der Waals surface area contributed by atoms with Crippen LogP contribution >= 0.6 is 0 Å². The van der Waals surface area contributed by atoms with Gasteiger partial charge in [0, 0.05) is 38.0 Å². The molecule has 2 fully saturated rings. The molecule has 1 aromatic heterocycles. The molecule has 150 valence electrons. The van der Waals surface area contributed by atoms with Gasteiger partial charge in [0.2, 0.25) is 5.91 Å². The number of amides is 1. The van der Waals surface area contributed by atoms with Crippen molar-refractivity contribution in [2.24, 2.45) is 0 Å². The number of morpholine rings is 1. The van der Waals surface area contributed by atoms with Crippen LogP contribution in [0.5, 0.6) is 0 Å². The van der Waals surface area contributed by atoms with Crippen molar-refractivity contribution >= 4 is 22.8 Å². The summed E-state index contributed by atoms with van der Waals surface area (Å²) < 4.78 is 11.0. The average Bonchev–Trinajstić information content (AvgIpc) is 3.05. The first kappa shape index (κ1) is 20.0. The molecule has 0 unspecified atom stereocenters. The minimum Gasteiger partial charge on any atom is -0.481 e. The van der Waals surface area contributed by atoms with Crippen molar-refractivity contribution in [1.29, 1.82) is 0 Å². The number of aryl methyl sites for hydroxylation is 1. The maximum Gasteiger partial charge on any atom is 0.336 e. The molecule has 0 saturated carbocycles. The first-order valence-corrected chi connectivity index (χ1v) is 9.19. The number of nitrogens with zero attached hydrogens (tertiary/aromatic N) is 1. The molecule has 0 radical (unpaired) electrons. The summed E-state index contributed by atoms with van der Waals surface area (Å²) in [5.41, 5.74) is 1.84. The van der Waals surface area contributed by atoms with Crippen LogP contribution in [0.1, 0.15) is 18.1 Å². The third-order valence-corrected chi connectivity index (χ3v) is 4.79. The Balaban J connectivity index is 0.000000516. The van der Waals surface area contributed by atoms with E-state index in [1.54, 1.807) is 0 Å². The van der Waals surface area contributed by atoms with Gasteiger partial charge in [-0.05, 0) is 24.1 Å². The largest absolute Gasteiger partial charge is 0.481 e. The molecule has 4 rings (SSSR count). The molecule has 28 heavy (non-hydrogen) atoms. The number of likely N-dealkylation sites (tertiary alicyclic amines) is 1. The first-order chi connectivity index (χ1) is 13.3. The summed E-state index contributed by atoms with van der Waals surface area (Å²) in [4.78, 5) is 35.3. The van der Waals surface area contributed by atoms with Gasteiger partial charge in [-0.15, -0.1) is 0 Å². The number of carboxylic acids is 1. The van der Waals surface area contributed by atoms with E-state index in [1.165, 1.54) is 6.07 Å². The van der Waals surface area contributed by atoms with E-state index >= 15 is 0 Å². The van der Waals surface area contributed by atoms with Crippen molar-refractivity contribution in [2.45, 2.75) is 32.4 Å².